The predicted octanol–water partition coefficient (Wildman–Crippen LogP) is 4.49. The van der Waals surface area contributed by atoms with Crippen molar-refractivity contribution in [3.8, 4) is 5.75 Å². The molecule has 3 aromatic rings. The molecule has 0 spiro atoms. The van der Waals surface area contributed by atoms with Crippen molar-refractivity contribution in [2.24, 2.45) is 0 Å². The molecule has 0 atom stereocenters. The number of rotatable bonds is 8. The lowest BCUT2D eigenvalue weighted by molar-refractivity contribution is -0.116. The van der Waals surface area contributed by atoms with E-state index in [1.807, 2.05) is 37.3 Å². The highest BCUT2D eigenvalue weighted by Gasteiger charge is 2.27. The third-order valence-corrected chi connectivity index (χ3v) is 6.70. The number of hydrogen-bond acceptors (Lipinski definition) is 4. The summed E-state index contributed by atoms with van der Waals surface area (Å²) in [6.45, 7) is 1.63. The second-order valence-electron chi connectivity index (χ2n) is 6.97. The molecule has 0 unspecified atom stereocenters. The van der Waals surface area contributed by atoms with Gasteiger partial charge in [0.15, 0.2) is 0 Å². The van der Waals surface area contributed by atoms with E-state index in [-0.39, 0.29) is 23.0 Å². The van der Waals surface area contributed by atoms with Gasteiger partial charge in [0.05, 0.1) is 23.6 Å². The van der Waals surface area contributed by atoms with E-state index in [1.165, 1.54) is 25.3 Å². The van der Waals surface area contributed by atoms with Crippen molar-refractivity contribution in [2.75, 3.05) is 19.0 Å². The summed E-state index contributed by atoms with van der Waals surface area (Å²) in [5.74, 6) is -0.0738. The second-order valence-corrected chi connectivity index (χ2v) is 9.31. The molecule has 0 saturated heterocycles. The first-order valence-corrected chi connectivity index (χ1v) is 11.4. The maximum Gasteiger partial charge on any atom is 0.243 e. The highest BCUT2D eigenvalue weighted by Crippen LogP contribution is 2.29. The van der Waals surface area contributed by atoms with E-state index in [2.05, 4.69) is 5.32 Å². The molecule has 8 heteroatoms. The fourth-order valence-corrected chi connectivity index (χ4v) is 4.70. The Hall–Kier alpha value is -2.87. The Kier molecular flexibility index (Phi) is 7.33. The molecule has 1 amide bonds. The lowest BCUT2D eigenvalue weighted by Gasteiger charge is -2.22. The van der Waals surface area contributed by atoms with Crippen LogP contribution in [0.2, 0.25) is 5.02 Å². The topological polar surface area (TPSA) is 75.7 Å². The lowest BCUT2D eigenvalue weighted by atomic mass is 10.2. The third kappa shape index (κ3) is 5.85. The Morgan fingerprint density at radius 1 is 1.03 bits per heavy atom. The number of amides is 1. The smallest absolute Gasteiger partial charge is 0.243 e. The third-order valence-electron chi connectivity index (χ3n) is 4.62. The molecule has 0 heterocycles. The zero-order valence-electron chi connectivity index (χ0n) is 17.2. The van der Waals surface area contributed by atoms with Crippen molar-refractivity contribution in [2.45, 2.75) is 18.4 Å². The van der Waals surface area contributed by atoms with E-state index in [9.17, 15) is 13.2 Å². The molecule has 3 aromatic carbocycles. The molecule has 6 nitrogen and oxygen atoms in total. The summed E-state index contributed by atoms with van der Waals surface area (Å²) in [4.78, 5) is 12.7. The number of methoxy groups -OCH3 is 1. The minimum atomic E-state index is -4.01. The quantitative estimate of drug-likeness (QED) is 0.539. The Morgan fingerprint density at radius 3 is 2.32 bits per heavy atom. The van der Waals surface area contributed by atoms with Gasteiger partial charge < -0.3 is 10.1 Å². The van der Waals surface area contributed by atoms with E-state index in [0.717, 1.165) is 15.4 Å². The number of anilines is 1. The van der Waals surface area contributed by atoms with Crippen molar-refractivity contribution in [3.05, 3.63) is 88.9 Å². The van der Waals surface area contributed by atoms with Crippen LogP contribution in [0.1, 0.15) is 11.1 Å². The zero-order valence-corrected chi connectivity index (χ0v) is 18.8. The van der Waals surface area contributed by atoms with Crippen LogP contribution in [-0.4, -0.2) is 32.3 Å². The molecular weight excluding hydrogens is 436 g/mol. The molecule has 0 saturated carbocycles. The van der Waals surface area contributed by atoms with Crippen LogP contribution < -0.4 is 10.1 Å². The van der Waals surface area contributed by atoms with Gasteiger partial charge in [-0.2, -0.15) is 4.31 Å². The van der Waals surface area contributed by atoms with Gasteiger partial charge in [0, 0.05) is 12.2 Å². The van der Waals surface area contributed by atoms with Crippen LogP contribution in [0.4, 0.5) is 5.69 Å². The van der Waals surface area contributed by atoms with E-state index in [1.54, 1.807) is 24.3 Å². The van der Waals surface area contributed by atoms with Gasteiger partial charge in [0.2, 0.25) is 15.9 Å². The van der Waals surface area contributed by atoms with E-state index < -0.39 is 15.9 Å². The first kappa shape index (κ1) is 22.8. The summed E-state index contributed by atoms with van der Waals surface area (Å²) >= 11 is 6.14. The average molecular weight is 459 g/mol. The van der Waals surface area contributed by atoms with Gasteiger partial charge in [-0.1, -0.05) is 59.6 Å². The number of halogens is 1. The van der Waals surface area contributed by atoms with Crippen LogP contribution in [-0.2, 0) is 21.4 Å². The summed E-state index contributed by atoms with van der Waals surface area (Å²) < 4.78 is 33.0. The van der Waals surface area contributed by atoms with Gasteiger partial charge in [0.25, 0.3) is 0 Å². The van der Waals surface area contributed by atoms with Gasteiger partial charge in [-0.15, -0.1) is 0 Å². The number of carbonyl (C=O) groups excluding carboxylic acids is 1. The van der Waals surface area contributed by atoms with Crippen LogP contribution >= 0.6 is 11.6 Å². The molecule has 162 valence electrons. The number of nitrogens with zero attached hydrogens (tertiary/aromatic N) is 1. The molecule has 3 rings (SSSR count). The van der Waals surface area contributed by atoms with Crippen LogP contribution in [0.25, 0.3) is 0 Å². The molecule has 0 bridgehead atoms. The van der Waals surface area contributed by atoms with E-state index in [4.69, 9.17) is 16.3 Å². The summed E-state index contributed by atoms with van der Waals surface area (Å²) in [6.07, 6.45) is 0. The number of hydrogen-bond donors (Lipinski definition) is 1. The maximum absolute atomic E-state index is 13.4. The van der Waals surface area contributed by atoms with Gasteiger partial charge >= 0.3 is 0 Å². The first-order valence-electron chi connectivity index (χ1n) is 9.54. The molecule has 0 aliphatic carbocycles. The number of aryl methyl sites for hydroxylation is 1. The predicted molar refractivity (Wildman–Crippen MR) is 122 cm³/mol. The number of sulfonamides is 1. The monoisotopic (exact) mass is 458 g/mol. The SMILES string of the molecule is COc1ccc(S(=O)(=O)N(CC(=O)Nc2ccc(C)cc2)Cc2ccccc2)cc1Cl. The molecule has 0 aliphatic heterocycles. The van der Waals surface area contributed by atoms with E-state index in [0.29, 0.717) is 11.4 Å². The number of benzene rings is 3. The normalized spacial score (nSPS) is 11.4. The summed E-state index contributed by atoms with van der Waals surface area (Å²) in [6, 6.07) is 20.6. The van der Waals surface area contributed by atoms with Crippen molar-refractivity contribution < 1.29 is 17.9 Å². The van der Waals surface area contributed by atoms with Gasteiger partial charge in [-0.3, -0.25) is 4.79 Å². The minimum absolute atomic E-state index is 0.0163. The largest absolute Gasteiger partial charge is 0.495 e. The average Bonchev–Trinajstić information content (AvgIpc) is 2.75. The van der Waals surface area contributed by atoms with Crippen molar-refractivity contribution >= 4 is 33.2 Å². The standard InChI is InChI=1S/C23H23ClN2O4S/c1-17-8-10-19(11-9-17)25-23(27)16-26(15-18-6-4-3-5-7-18)31(28,29)20-12-13-22(30-2)21(24)14-20/h3-14H,15-16H2,1-2H3,(H,25,27). The van der Waals surface area contributed by atoms with Crippen molar-refractivity contribution in [1.82, 2.24) is 4.31 Å². The Bertz CT molecular complexity index is 1150. The highest BCUT2D eigenvalue weighted by molar-refractivity contribution is 7.89. The first-order chi connectivity index (χ1) is 14.8. The summed E-state index contributed by atoms with van der Waals surface area (Å²) in [5.41, 5.74) is 2.41. The molecule has 31 heavy (non-hydrogen) atoms. The molecule has 0 fully saturated rings. The zero-order chi connectivity index (χ0) is 22.4. The Labute approximate surface area is 187 Å². The second kappa shape index (κ2) is 9.96. The molecule has 0 radical (unpaired) electrons. The van der Waals surface area contributed by atoms with Gasteiger partial charge in [-0.25, -0.2) is 8.42 Å². The van der Waals surface area contributed by atoms with Gasteiger partial charge in [0.1, 0.15) is 5.75 Å². The highest BCUT2D eigenvalue weighted by atomic mass is 35.5. The summed E-state index contributed by atoms with van der Waals surface area (Å²) in [7, 11) is -2.56. The maximum atomic E-state index is 13.4. The Morgan fingerprint density at radius 2 is 1.71 bits per heavy atom. The van der Waals surface area contributed by atoms with Crippen molar-refractivity contribution in [3.63, 3.8) is 0 Å². The number of carbonyl (C=O) groups is 1. The molecule has 0 aliphatic rings. The summed E-state index contributed by atoms with van der Waals surface area (Å²) in [5, 5.41) is 2.92. The minimum Gasteiger partial charge on any atom is -0.495 e. The van der Waals surface area contributed by atoms with Crippen LogP contribution in [0.5, 0.6) is 5.75 Å². The number of nitrogens with one attached hydrogen (secondary N) is 1. The molecular formula is C23H23ClN2O4S. The lowest BCUT2D eigenvalue weighted by Crippen LogP contribution is -2.37. The number of ether oxygens (including phenoxy) is 1. The molecule has 0 aromatic heterocycles. The van der Waals surface area contributed by atoms with Gasteiger partial charge in [-0.05, 0) is 42.8 Å². The van der Waals surface area contributed by atoms with E-state index >= 15 is 0 Å². The van der Waals surface area contributed by atoms with Crippen LogP contribution in [0, 0.1) is 6.92 Å². The van der Waals surface area contributed by atoms with Crippen molar-refractivity contribution in [1.29, 1.82) is 0 Å². The fraction of sp³-hybridized carbons (Fsp3) is 0.174. The molecule has 1 N–H and O–H groups in total. The van der Waals surface area contributed by atoms with Crippen LogP contribution in [0.3, 0.4) is 0 Å². The van der Waals surface area contributed by atoms with Crippen LogP contribution in [0.15, 0.2) is 77.7 Å². The fourth-order valence-electron chi connectivity index (χ4n) is 2.97. The Balaban J connectivity index is 1.88.